The summed E-state index contributed by atoms with van der Waals surface area (Å²) in [5.74, 6) is -0.356. The van der Waals surface area contributed by atoms with Crippen LogP contribution in [0.1, 0.15) is 0 Å². The van der Waals surface area contributed by atoms with E-state index in [4.69, 9.17) is 11.6 Å². The van der Waals surface area contributed by atoms with Crippen LogP contribution in [-0.4, -0.2) is 4.98 Å². The number of halogens is 3. The maximum absolute atomic E-state index is 12.8. The van der Waals surface area contributed by atoms with Crippen molar-refractivity contribution in [3.8, 4) is 0 Å². The van der Waals surface area contributed by atoms with Crippen LogP contribution in [0.15, 0.2) is 28.9 Å². The summed E-state index contributed by atoms with van der Waals surface area (Å²) < 4.78 is 13.5. The zero-order valence-electron chi connectivity index (χ0n) is 6.39. The van der Waals surface area contributed by atoms with Crippen molar-refractivity contribution in [3.63, 3.8) is 0 Å². The van der Waals surface area contributed by atoms with Gasteiger partial charge < -0.3 is 0 Å². The maximum atomic E-state index is 12.8. The van der Waals surface area contributed by atoms with Gasteiger partial charge in [0.1, 0.15) is 5.82 Å². The number of hydrogen-bond acceptors (Lipinski definition) is 1. The highest BCUT2D eigenvalue weighted by molar-refractivity contribution is 9.10. The summed E-state index contributed by atoms with van der Waals surface area (Å²) in [6, 6.07) is 4.84. The van der Waals surface area contributed by atoms with Crippen molar-refractivity contribution in [1.29, 1.82) is 0 Å². The minimum absolute atomic E-state index is 0.356. The smallest absolute Gasteiger partial charge is 0.142 e. The van der Waals surface area contributed by atoms with E-state index >= 15 is 0 Å². The number of rotatable bonds is 0. The second-order valence-electron chi connectivity index (χ2n) is 2.61. The maximum Gasteiger partial charge on any atom is 0.142 e. The Labute approximate surface area is 87.7 Å². The predicted octanol–water partition coefficient (Wildman–Crippen LogP) is 3.79. The molecule has 1 heterocycles. The second-order valence-corrected chi connectivity index (χ2v) is 3.87. The Morgan fingerprint density at radius 3 is 2.85 bits per heavy atom. The Morgan fingerprint density at radius 1 is 1.31 bits per heavy atom. The standard InChI is InChI=1S/C9H4BrClFN/c10-7-3-9-5(2-8(7)11)1-6(12)4-13-9/h1-4H. The van der Waals surface area contributed by atoms with Gasteiger partial charge in [0.05, 0.1) is 16.7 Å². The molecule has 2 aromatic rings. The Kier molecular flexibility index (Phi) is 2.22. The van der Waals surface area contributed by atoms with Crippen molar-refractivity contribution in [2.24, 2.45) is 0 Å². The lowest BCUT2D eigenvalue weighted by atomic mass is 10.2. The first-order valence-electron chi connectivity index (χ1n) is 3.57. The Hall–Kier alpha value is -0.670. The van der Waals surface area contributed by atoms with Crippen LogP contribution in [-0.2, 0) is 0 Å². The highest BCUT2D eigenvalue weighted by Gasteiger charge is 2.02. The fourth-order valence-electron chi connectivity index (χ4n) is 1.10. The number of pyridine rings is 1. The van der Waals surface area contributed by atoms with Gasteiger partial charge in [-0.25, -0.2) is 4.39 Å². The molecule has 0 bridgehead atoms. The number of nitrogens with zero attached hydrogens (tertiary/aromatic N) is 1. The van der Waals surface area contributed by atoms with Gasteiger partial charge in [0.2, 0.25) is 0 Å². The Bertz CT molecular complexity index is 472. The van der Waals surface area contributed by atoms with Crippen molar-refractivity contribution in [2.45, 2.75) is 0 Å². The van der Waals surface area contributed by atoms with E-state index in [-0.39, 0.29) is 5.82 Å². The third-order valence-corrected chi connectivity index (χ3v) is 2.89. The van der Waals surface area contributed by atoms with Crippen LogP contribution < -0.4 is 0 Å². The zero-order chi connectivity index (χ0) is 9.42. The van der Waals surface area contributed by atoms with Gasteiger partial charge in [-0.2, -0.15) is 0 Å². The molecular weight excluding hydrogens is 256 g/mol. The summed E-state index contributed by atoms with van der Waals surface area (Å²) in [6.07, 6.45) is 1.18. The summed E-state index contributed by atoms with van der Waals surface area (Å²) in [6.45, 7) is 0. The third-order valence-electron chi connectivity index (χ3n) is 1.69. The van der Waals surface area contributed by atoms with E-state index in [0.29, 0.717) is 10.4 Å². The number of benzene rings is 1. The highest BCUT2D eigenvalue weighted by atomic mass is 79.9. The number of fused-ring (bicyclic) bond motifs is 1. The number of hydrogen-bond donors (Lipinski definition) is 0. The molecule has 66 valence electrons. The van der Waals surface area contributed by atoms with E-state index in [2.05, 4.69) is 20.9 Å². The lowest BCUT2D eigenvalue weighted by Crippen LogP contribution is -1.82. The molecule has 0 amide bonds. The molecular formula is C9H4BrClFN. The lowest BCUT2D eigenvalue weighted by molar-refractivity contribution is 0.624. The highest BCUT2D eigenvalue weighted by Crippen LogP contribution is 2.27. The SMILES string of the molecule is Fc1cnc2cc(Br)c(Cl)cc2c1. The largest absolute Gasteiger partial charge is 0.253 e. The van der Waals surface area contributed by atoms with Crippen LogP contribution in [0.25, 0.3) is 10.9 Å². The van der Waals surface area contributed by atoms with Gasteiger partial charge >= 0.3 is 0 Å². The summed E-state index contributed by atoms with van der Waals surface area (Å²) in [4.78, 5) is 3.92. The fraction of sp³-hybridized carbons (Fsp3) is 0. The topological polar surface area (TPSA) is 12.9 Å². The summed E-state index contributed by atoms with van der Waals surface area (Å²) >= 11 is 9.11. The van der Waals surface area contributed by atoms with E-state index in [1.807, 2.05) is 0 Å². The molecule has 0 spiro atoms. The normalized spacial score (nSPS) is 10.7. The molecule has 0 atom stereocenters. The van der Waals surface area contributed by atoms with Crippen molar-refractivity contribution in [3.05, 3.63) is 39.7 Å². The molecule has 0 saturated carbocycles. The molecule has 0 fully saturated rings. The molecule has 2 rings (SSSR count). The van der Waals surface area contributed by atoms with Gasteiger partial charge in [-0.3, -0.25) is 4.98 Å². The van der Waals surface area contributed by atoms with Crippen LogP contribution in [0, 0.1) is 5.82 Å². The monoisotopic (exact) mass is 259 g/mol. The van der Waals surface area contributed by atoms with Crippen LogP contribution in [0.5, 0.6) is 0 Å². The average Bonchev–Trinajstić information content (AvgIpc) is 2.08. The second kappa shape index (κ2) is 3.24. The molecule has 13 heavy (non-hydrogen) atoms. The Balaban J connectivity index is 2.81. The quantitative estimate of drug-likeness (QED) is 0.702. The minimum atomic E-state index is -0.356. The van der Waals surface area contributed by atoms with Crippen LogP contribution >= 0.6 is 27.5 Å². The van der Waals surface area contributed by atoms with E-state index < -0.39 is 0 Å². The van der Waals surface area contributed by atoms with Crippen molar-refractivity contribution in [1.82, 2.24) is 4.98 Å². The molecule has 0 unspecified atom stereocenters. The average molecular weight is 260 g/mol. The molecule has 0 aliphatic carbocycles. The molecule has 1 nitrogen and oxygen atoms in total. The van der Waals surface area contributed by atoms with Crippen LogP contribution in [0.3, 0.4) is 0 Å². The van der Waals surface area contributed by atoms with Crippen molar-refractivity contribution >= 4 is 38.4 Å². The van der Waals surface area contributed by atoms with Gasteiger partial charge in [-0.15, -0.1) is 0 Å². The lowest BCUT2D eigenvalue weighted by Gasteiger charge is -1.99. The molecule has 0 radical (unpaired) electrons. The van der Waals surface area contributed by atoms with Gasteiger partial charge in [-0.1, -0.05) is 11.6 Å². The van der Waals surface area contributed by atoms with E-state index in [9.17, 15) is 4.39 Å². The number of aromatic nitrogens is 1. The Morgan fingerprint density at radius 2 is 2.08 bits per heavy atom. The van der Waals surface area contributed by atoms with Crippen molar-refractivity contribution in [2.75, 3.05) is 0 Å². The predicted molar refractivity (Wildman–Crippen MR) is 54.4 cm³/mol. The first kappa shape index (κ1) is 8.91. The van der Waals surface area contributed by atoms with Gasteiger partial charge in [0.25, 0.3) is 0 Å². The summed E-state index contributed by atoms with van der Waals surface area (Å²) in [5.41, 5.74) is 0.720. The van der Waals surface area contributed by atoms with Crippen LogP contribution in [0.2, 0.25) is 5.02 Å². The van der Waals surface area contributed by atoms with E-state index in [1.165, 1.54) is 12.3 Å². The summed E-state index contributed by atoms with van der Waals surface area (Å²) in [5, 5.41) is 1.26. The minimum Gasteiger partial charge on any atom is -0.253 e. The van der Waals surface area contributed by atoms with Gasteiger partial charge in [0, 0.05) is 9.86 Å². The van der Waals surface area contributed by atoms with E-state index in [0.717, 1.165) is 9.99 Å². The van der Waals surface area contributed by atoms with Gasteiger partial charge in [0.15, 0.2) is 0 Å². The summed E-state index contributed by atoms with van der Waals surface area (Å²) in [7, 11) is 0. The van der Waals surface area contributed by atoms with Gasteiger partial charge in [-0.05, 0) is 34.1 Å². The third kappa shape index (κ3) is 1.67. The molecule has 1 aromatic heterocycles. The fourth-order valence-corrected chi connectivity index (χ4v) is 1.60. The molecule has 0 N–H and O–H groups in total. The first-order valence-corrected chi connectivity index (χ1v) is 4.74. The molecule has 0 aliphatic heterocycles. The molecule has 0 saturated heterocycles. The van der Waals surface area contributed by atoms with Crippen molar-refractivity contribution < 1.29 is 4.39 Å². The van der Waals surface area contributed by atoms with E-state index in [1.54, 1.807) is 12.1 Å². The molecule has 4 heteroatoms. The first-order chi connectivity index (χ1) is 6.16. The zero-order valence-corrected chi connectivity index (χ0v) is 8.73. The van der Waals surface area contributed by atoms with Crippen LogP contribution in [0.4, 0.5) is 4.39 Å². The molecule has 1 aromatic carbocycles. The molecule has 0 aliphatic rings.